The summed E-state index contributed by atoms with van der Waals surface area (Å²) in [6.07, 6.45) is 4.20. The molecule has 0 spiro atoms. The number of hydrogen-bond acceptors (Lipinski definition) is 3. The Bertz CT molecular complexity index is 297. The number of nitrogens with zero attached hydrogens (tertiary/aromatic N) is 2. The van der Waals surface area contributed by atoms with Crippen LogP contribution in [0.25, 0.3) is 5.76 Å². The second kappa shape index (κ2) is 4.60. The van der Waals surface area contributed by atoms with Gasteiger partial charge in [-0.1, -0.05) is 13.5 Å². The smallest absolute Gasteiger partial charge is 0.138 e. The molecule has 0 saturated heterocycles. The molecule has 0 bridgehead atoms. The second-order valence-corrected chi connectivity index (χ2v) is 2.61. The Labute approximate surface area is 78.5 Å². The third-order valence-electron chi connectivity index (χ3n) is 1.75. The van der Waals surface area contributed by atoms with Crippen molar-refractivity contribution in [1.29, 1.82) is 0 Å². The van der Waals surface area contributed by atoms with Gasteiger partial charge in [0.15, 0.2) is 0 Å². The summed E-state index contributed by atoms with van der Waals surface area (Å²) >= 11 is 0. The first-order chi connectivity index (χ1) is 6.29. The SMILES string of the molecule is C=C(OCC)c1ncncc1CC. The lowest BCUT2D eigenvalue weighted by Gasteiger charge is -2.08. The quantitative estimate of drug-likeness (QED) is 0.662. The molecule has 0 radical (unpaired) electrons. The molecule has 70 valence electrons. The number of aryl methyl sites for hydroxylation is 1. The van der Waals surface area contributed by atoms with Gasteiger partial charge in [-0.3, -0.25) is 0 Å². The summed E-state index contributed by atoms with van der Waals surface area (Å²) in [4.78, 5) is 8.08. The van der Waals surface area contributed by atoms with Gasteiger partial charge in [-0.15, -0.1) is 0 Å². The number of hydrogen-bond donors (Lipinski definition) is 0. The van der Waals surface area contributed by atoms with Crippen molar-refractivity contribution in [2.75, 3.05) is 6.61 Å². The topological polar surface area (TPSA) is 35.0 Å². The van der Waals surface area contributed by atoms with Gasteiger partial charge in [0.05, 0.1) is 6.61 Å². The Morgan fingerprint density at radius 2 is 2.31 bits per heavy atom. The van der Waals surface area contributed by atoms with Crippen molar-refractivity contribution >= 4 is 5.76 Å². The zero-order valence-corrected chi connectivity index (χ0v) is 8.08. The van der Waals surface area contributed by atoms with Crippen LogP contribution in [0.4, 0.5) is 0 Å². The highest BCUT2D eigenvalue weighted by Gasteiger charge is 2.06. The number of rotatable bonds is 4. The van der Waals surface area contributed by atoms with Crippen LogP contribution in [0.2, 0.25) is 0 Å². The molecule has 0 amide bonds. The van der Waals surface area contributed by atoms with E-state index in [1.54, 1.807) is 6.20 Å². The standard InChI is InChI=1S/C10H14N2O/c1-4-9-6-11-7-12-10(9)8(3)13-5-2/h6-7H,3-5H2,1-2H3. The van der Waals surface area contributed by atoms with Crippen molar-refractivity contribution < 1.29 is 4.74 Å². The van der Waals surface area contributed by atoms with Gasteiger partial charge < -0.3 is 4.74 Å². The average molecular weight is 178 g/mol. The third-order valence-corrected chi connectivity index (χ3v) is 1.75. The molecule has 1 heterocycles. The monoisotopic (exact) mass is 178 g/mol. The molecule has 3 heteroatoms. The van der Waals surface area contributed by atoms with Crippen LogP contribution in [-0.4, -0.2) is 16.6 Å². The summed E-state index contributed by atoms with van der Waals surface area (Å²) in [6.45, 7) is 8.41. The maximum atomic E-state index is 5.29. The van der Waals surface area contributed by atoms with E-state index in [1.807, 2.05) is 6.92 Å². The van der Waals surface area contributed by atoms with Crippen molar-refractivity contribution in [3.8, 4) is 0 Å². The van der Waals surface area contributed by atoms with E-state index in [2.05, 4.69) is 23.5 Å². The molecule has 0 aliphatic rings. The van der Waals surface area contributed by atoms with E-state index in [4.69, 9.17) is 4.74 Å². The van der Waals surface area contributed by atoms with E-state index >= 15 is 0 Å². The molecule has 0 aromatic carbocycles. The number of aromatic nitrogens is 2. The molecular formula is C10H14N2O. The summed E-state index contributed by atoms with van der Waals surface area (Å²) in [5, 5.41) is 0. The fourth-order valence-electron chi connectivity index (χ4n) is 1.11. The van der Waals surface area contributed by atoms with Crippen LogP contribution in [0, 0.1) is 0 Å². The summed E-state index contributed by atoms with van der Waals surface area (Å²) in [7, 11) is 0. The van der Waals surface area contributed by atoms with E-state index in [1.165, 1.54) is 6.33 Å². The van der Waals surface area contributed by atoms with Gasteiger partial charge in [-0.05, 0) is 18.9 Å². The number of ether oxygens (including phenoxy) is 1. The lowest BCUT2D eigenvalue weighted by atomic mass is 10.1. The minimum atomic E-state index is 0.617. The molecule has 0 atom stereocenters. The fourth-order valence-corrected chi connectivity index (χ4v) is 1.11. The predicted octanol–water partition coefficient (Wildman–Crippen LogP) is 2.05. The van der Waals surface area contributed by atoms with Crippen LogP contribution >= 0.6 is 0 Å². The van der Waals surface area contributed by atoms with Gasteiger partial charge in [-0.25, -0.2) is 9.97 Å². The Hall–Kier alpha value is -1.38. The maximum Gasteiger partial charge on any atom is 0.138 e. The van der Waals surface area contributed by atoms with Crippen molar-refractivity contribution in [1.82, 2.24) is 9.97 Å². The van der Waals surface area contributed by atoms with E-state index in [-0.39, 0.29) is 0 Å². The Morgan fingerprint density at radius 1 is 1.54 bits per heavy atom. The molecule has 1 aromatic heterocycles. The van der Waals surface area contributed by atoms with Crippen LogP contribution in [0.1, 0.15) is 25.1 Å². The lowest BCUT2D eigenvalue weighted by Crippen LogP contribution is -1.99. The molecule has 0 fully saturated rings. The highest BCUT2D eigenvalue weighted by molar-refractivity contribution is 5.56. The molecule has 0 saturated carbocycles. The lowest BCUT2D eigenvalue weighted by molar-refractivity contribution is 0.297. The molecule has 0 aliphatic heterocycles. The molecule has 1 aromatic rings. The molecule has 1 rings (SSSR count). The van der Waals surface area contributed by atoms with Crippen molar-refractivity contribution in [2.24, 2.45) is 0 Å². The third kappa shape index (κ3) is 2.28. The first-order valence-electron chi connectivity index (χ1n) is 4.40. The average Bonchev–Trinajstić information content (AvgIpc) is 2.18. The molecule has 0 aliphatic carbocycles. The van der Waals surface area contributed by atoms with E-state index in [9.17, 15) is 0 Å². The minimum absolute atomic E-state index is 0.617. The van der Waals surface area contributed by atoms with E-state index in [0.717, 1.165) is 17.7 Å². The van der Waals surface area contributed by atoms with E-state index in [0.29, 0.717) is 12.4 Å². The highest BCUT2D eigenvalue weighted by Crippen LogP contribution is 2.15. The minimum Gasteiger partial charge on any atom is -0.492 e. The Morgan fingerprint density at radius 3 is 2.92 bits per heavy atom. The van der Waals surface area contributed by atoms with Gasteiger partial charge >= 0.3 is 0 Å². The molecule has 13 heavy (non-hydrogen) atoms. The van der Waals surface area contributed by atoms with Crippen molar-refractivity contribution in [3.05, 3.63) is 30.4 Å². The van der Waals surface area contributed by atoms with Crippen LogP contribution in [-0.2, 0) is 11.2 Å². The first-order valence-corrected chi connectivity index (χ1v) is 4.40. The summed E-state index contributed by atoms with van der Waals surface area (Å²) < 4.78 is 5.29. The fraction of sp³-hybridized carbons (Fsp3) is 0.400. The van der Waals surface area contributed by atoms with Crippen molar-refractivity contribution in [3.63, 3.8) is 0 Å². The summed E-state index contributed by atoms with van der Waals surface area (Å²) in [5.41, 5.74) is 1.89. The van der Waals surface area contributed by atoms with Crippen LogP contribution < -0.4 is 0 Å². The van der Waals surface area contributed by atoms with Gasteiger partial charge in [0.25, 0.3) is 0 Å². The van der Waals surface area contributed by atoms with Crippen LogP contribution in [0.3, 0.4) is 0 Å². The van der Waals surface area contributed by atoms with Gasteiger partial charge in [-0.2, -0.15) is 0 Å². The highest BCUT2D eigenvalue weighted by atomic mass is 16.5. The largest absolute Gasteiger partial charge is 0.492 e. The van der Waals surface area contributed by atoms with Crippen LogP contribution in [0.5, 0.6) is 0 Å². The van der Waals surface area contributed by atoms with Gasteiger partial charge in [0, 0.05) is 6.20 Å². The van der Waals surface area contributed by atoms with Gasteiger partial charge in [0.2, 0.25) is 0 Å². The summed E-state index contributed by atoms with van der Waals surface area (Å²) in [6, 6.07) is 0. The predicted molar refractivity (Wildman–Crippen MR) is 52.1 cm³/mol. The second-order valence-electron chi connectivity index (χ2n) is 2.61. The summed E-state index contributed by atoms with van der Waals surface area (Å²) in [5.74, 6) is 0.627. The zero-order valence-electron chi connectivity index (χ0n) is 8.08. The van der Waals surface area contributed by atoms with Crippen LogP contribution in [0.15, 0.2) is 19.1 Å². The maximum absolute atomic E-state index is 5.29. The van der Waals surface area contributed by atoms with Crippen molar-refractivity contribution in [2.45, 2.75) is 20.3 Å². The van der Waals surface area contributed by atoms with Gasteiger partial charge in [0.1, 0.15) is 17.8 Å². The Balaban J connectivity index is 2.92. The molecule has 0 N–H and O–H groups in total. The zero-order chi connectivity index (χ0) is 9.68. The molecular weight excluding hydrogens is 164 g/mol. The molecule has 3 nitrogen and oxygen atoms in total. The Kier molecular flexibility index (Phi) is 3.43. The normalized spacial score (nSPS) is 9.69. The van der Waals surface area contributed by atoms with E-state index < -0.39 is 0 Å². The first kappa shape index (κ1) is 9.71. The molecule has 0 unspecified atom stereocenters.